The second-order valence-electron chi connectivity index (χ2n) is 4.84. The number of rotatable bonds is 3. The predicted octanol–water partition coefficient (Wildman–Crippen LogP) is 3.54. The van der Waals surface area contributed by atoms with E-state index in [4.69, 9.17) is 0 Å². The van der Waals surface area contributed by atoms with Crippen LogP contribution in [0.4, 0.5) is 13.2 Å². The fraction of sp³-hybridized carbons (Fsp3) is 0.250. The zero-order valence-electron chi connectivity index (χ0n) is 11.3. The smallest absolute Gasteiger partial charge is 0.389 e. The molecule has 0 radical (unpaired) electrons. The lowest BCUT2D eigenvalue weighted by Crippen LogP contribution is -2.44. The van der Waals surface area contributed by atoms with E-state index in [0.717, 1.165) is 0 Å². The molecule has 0 aliphatic carbocycles. The second kappa shape index (κ2) is 5.50. The Labute approximate surface area is 120 Å². The molecule has 2 aromatic rings. The molecule has 0 amide bonds. The molecule has 0 unspecified atom stereocenters. The molecule has 0 aliphatic heterocycles. The van der Waals surface area contributed by atoms with Crippen LogP contribution in [0.2, 0.25) is 0 Å². The monoisotopic (exact) mass is 296 g/mol. The van der Waals surface area contributed by atoms with Crippen molar-refractivity contribution in [1.82, 2.24) is 0 Å². The third kappa shape index (κ3) is 2.66. The van der Waals surface area contributed by atoms with Gasteiger partial charge in [0.2, 0.25) is 5.60 Å². The van der Waals surface area contributed by atoms with Gasteiger partial charge in [0.1, 0.15) is 0 Å². The van der Waals surface area contributed by atoms with Gasteiger partial charge in [0.05, 0.1) is 6.10 Å². The maximum atomic E-state index is 13.6. The number of hydrogen-bond donors (Lipinski definition) is 2. The highest BCUT2D eigenvalue weighted by Crippen LogP contribution is 2.46. The van der Waals surface area contributed by atoms with Gasteiger partial charge in [-0.3, -0.25) is 0 Å². The summed E-state index contributed by atoms with van der Waals surface area (Å²) in [6.07, 6.45) is -6.04. The highest BCUT2D eigenvalue weighted by atomic mass is 19.4. The highest BCUT2D eigenvalue weighted by molar-refractivity contribution is 5.43. The predicted molar refractivity (Wildman–Crippen MR) is 72.6 cm³/mol. The van der Waals surface area contributed by atoms with Crippen molar-refractivity contribution < 1.29 is 23.4 Å². The number of hydrogen-bond acceptors (Lipinski definition) is 2. The number of alkyl halides is 3. The van der Waals surface area contributed by atoms with Crippen molar-refractivity contribution >= 4 is 0 Å². The lowest BCUT2D eigenvalue weighted by atomic mass is 9.82. The topological polar surface area (TPSA) is 40.5 Å². The zero-order chi connectivity index (χ0) is 15.7. The van der Waals surface area contributed by atoms with Crippen LogP contribution in [0.5, 0.6) is 0 Å². The van der Waals surface area contributed by atoms with E-state index in [1.54, 1.807) is 6.07 Å². The Hall–Kier alpha value is -1.85. The molecule has 0 saturated heterocycles. The van der Waals surface area contributed by atoms with Crippen molar-refractivity contribution in [2.45, 2.75) is 24.8 Å². The Bertz CT molecular complexity index is 608. The molecule has 2 rings (SSSR count). The largest absolute Gasteiger partial charge is 0.425 e. The first-order valence-electron chi connectivity index (χ1n) is 6.40. The lowest BCUT2D eigenvalue weighted by Gasteiger charge is -2.33. The summed E-state index contributed by atoms with van der Waals surface area (Å²) in [5.74, 6) is 0. The van der Waals surface area contributed by atoms with Crippen molar-refractivity contribution in [2.75, 3.05) is 0 Å². The summed E-state index contributed by atoms with van der Waals surface area (Å²) in [5.41, 5.74) is -3.77. The van der Waals surface area contributed by atoms with E-state index in [9.17, 15) is 23.4 Å². The minimum atomic E-state index is -4.92. The minimum Gasteiger partial charge on any atom is -0.389 e. The van der Waals surface area contributed by atoms with Crippen molar-refractivity contribution in [3.8, 4) is 0 Å². The Kier molecular flexibility index (Phi) is 4.07. The highest BCUT2D eigenvalue weighted by Gasteiger charge is 2.57. The molecule has 0 heterocycles. The second-order valence-corrected chi connectivity index (χ2v) is 4.84. The summed E-state index contributed by atoms with van der Waals surface area (Å²) >= 11 is 0. The molecule has 0 spiro atoms. The van der Waals surface area contributed by atoms with Gasteiger partial charge in [-0.15, -0.1) is 0 Å². The summed E-state index contributed by atoms with van der Waals surface area (Å²) in [7, 11) is 0. The van der Waals surface area contributed by atoms with Gasteiger partial charge in [-0.2, -0.15) is 13.2 Å². The van der Waals surface area contributed by atoms with Crippen LogP contribution in [0, 0.1) is 0 Å². The number of aliphatic hydroxyl groups is 2. The average molecular weight is 296 g/mol. The van der Waals surface area contributed by atoms with Crippen molar-refractivity contribution in [3.63, 3.8) is 0 Å². The molecule has 2 atom stereocenters. The van der Waals surface area contributed by atoms with Gasteiger partial charge >= 0.3 is 6.18 Å². The first-order valence-corrected chi connectivity index (χ1v) is 6.40. The third-order valence-electron chi connectivity index (χ3n) is 3.40. The van der Waals surface area contributed by atoms with Gasteiger partial charge in [0, 0.05) is 5.56 Å². The van der Waals surface area contributed by atoms with Gasteiger partial charge < -0.3 is 10.2 Å². The van der Waals surface area contributed by atoms with Crippen LogP contribution in [-0.2, 0) is 5.60 Å². The Morgan fingerprint density at radius 3 is 1.95 bits per heavy atom. The van der Waals surface area contributed by atoms with E-state index in [0.29, 0.717) is 0 Å². The van der Waals surface area contributed by atoms with Gasteiger partial charge in [-0.1, -0.05) is 54.6 Å². The molecule has 2 aromatic carbocycles. The minimum absolute atomic E-state index is 0.0428. The molecule has 112 valence electrons. The Balaban J connectivity index is 2.74. The van der Waals surface area contributed by atoms with E-state index < -0.39 is 17.9 Å². The average Bonchev–Trinajstić information content (AvgIpc) is 2.46. The van der Waals surface area contributed by atoms with Crippen LogP contribution in [0.3, 0.4) is 0 Å². The van der Waals surface area contributed by atoms with Crippen LogP contribution in [0.15, 0.2) is 54.6 Å². The van der Waals surface area contributed by atoms with Crippen LogP contribution < -0.4 is 0 Å². The van der Waals surface area contributed by atoms with Crippen molar-refractivity contribution in [3.05, 3.63) is 71.3 Å². The van der Waals surface area contributed by atoms with Gasteiger partial charge in [-0.25, -0.2) is 0 Å². The standard InChI is InChI=1S/C16H15F3O2/c1-11(20)13-9-5-6-10-14(13)15(21,16(17,18)19)12-7-3-2-4-8-12/h2-11,20-21H,1H3/t11-,15-/m0/s1. The fourth-order valence-corrected chi connectivity index (χ4v) is 2.34. The maximum Gasteiger partial charge on any atom is 0.425 e. The molecular weight excluding hydrogens is 281 g/mol. The molecule has 5 heteroatoms. The SMILES string of the molecule is C[C@H](O)c1ccccc1[C@@](O)(c1ccccc1)C(F)(F)F. The molecule has 2 nitrogen and oxygen atoms in total. The molecule has 21 heavy (non-hydrogen) atoms. The van der Waals surface area contributed by atoms with E-state index in [2.05, 4.69) is 0 Å². The van der Waals surface area contributed by atoms with E-state index in [1.165, 1.54) is 55.5 Å². The number of aliphatic hydroxyl groups excluding tert-OH is 1. The molecule has 2 N–H and O–H groups in total. The number of benzene rings is 2. The van der Waals surface area contributed by atoms with E-state index >= 15 is 0 Å². The first-order chi connectivity index (χ1) is 9.78. The summed E-state index contributed by atoms with van der Waals surface area (Å²) in [6.45, 7) is 1.36. The molecule has 0 aliphatic rings. The van der Waals surface area contributed by atoms with E-state index in [1.807, 2.05) is 0 Å². The summed E-state index contributed by atoms with van der Waals surface area (Å²) in [5, 5.41) is 20.2. The molecule has 0 bridgehead atoms. The van der Waals surface area contributed by atoms with Crippen LogP contribution in [0.1, 0.15) is 29.7 Å². The van der Waals surface area contributed by atoms with Crippen LogP contribution in [0.25, 0.3) is 0 Å². The maximum absolute atomic E-state index is 13.6. The summed E-state index contributed by atoms with van der Waals surface area (Å²) in [4.78, 5) is 0. The molecule has 0 fully saturated rings. The van der Waals surface area contributed by atoms with E-state index in [-0.39, 0.29) is 16.7 Å². The van der Waals surface area contributed by atoms with Gasteiger partial charge in [-0.05, 0) is 18.1 Å². The third-order valence-corrected chi connectivity index (χ3v) is 3.40. The summed E-state index contributed by atoms with van der Waals surface area (Å²) < 4.78 is 40.8. The first kappa shape index (κ1) is 15.5. The van der Waals surface area contributed by atoms with Gasteiger partial charge in [0.15, 0.2) is 0 Å². The number of halogens is 3. The molecule has 0 saturated carbocycles. The van der Waals surface area contributed by atoms with Gasteiger partial charge in [0.25, 0.3) is 0 Å². The normalized spacial score (nSPS) is 16.3. The van der Waals surface area contributed by atoms with Crippen LogP contribution >= 0.6 is 0 Å². The van der Waals surface area contributed by atoms with Crippen molar-refractivity contribution in [1.29, 1.82) is 0 Å². The zero-order valence-corrected chi connectivity index (χ0v) is 11.3. The Morgan fingerprint density at radius 1 is 0.905 bits per heavy atom. The molecule has 0 aromatic heterocycles. The molecular formula is C16H15F3O2. The van der Waals surface area contributed by atoms with Crippen molar-refractivity contribution in [2.24, 2.45) is 0 Å². The quantitative estimate of drug-likeness (QED) is 0.909. The Morgan fingerprint density at radius 2 is 1.43 bits per heavy atom. The fourth-order valence-electron chi connectivity index (χ4n) is 2.34. The lowest BCUT2D eigenvalue weighted by molar-refractivity contribution is -0.248. The summed E-state index contributed by atoms with van der Waals surface area (Å²) in [6, 6.07) is 12.3. The van der Waals surface area contributed by atoms with Crippen LogP contribution in [-0.4, -0.2) is 16.4 Å².